The smallest absolute Gasteiger partial charge is 0.408 e. The average Bonchev–Trinajstić information content (AvgIpc) is 2.76. The predicted molar refractivity (Wildman–Crippen MR) is 106 cm³/mol. The zero-order valence-electron chi connectivity index (χ0n) is 16.3. The van der Waals surface area contributed by atoms with Crippen LogP contribution in [-0.2, 0) is 25.7 Å². The zero-order valence-corrected chi connectivity index (χ0v) is 16.3. The summed E-state index contributed by atoms with van der Waals surface area (Å²) < 4.78 is 15.5. The molecule has 2 aromatic rings. The molecule has 0 aliphatic carbocycles. The number of rotatable bonds is 9. The van der Waals surface area contributed by atoms with Gasteiger partial charge in [0.25, 0.3) is 5.91 Å². The molecule has 0 bridgehead atoms. The highest BCUT2D eigenvalue weighted by atomic mass is 16.5. The van der Waals surface area contributed by atoms with Gasteiger partial charge in [0, 0.05) is 5.69 Å². The number of hydrogen-bond donors (Lipinski definition) is 2. The summed E-state index contributed by atoms with van der Waals surface area (Å²) in [6.45, 7) is -0.504. The first-order valence-corrected chi connectivity index (χ1v) is 9.23. The van der Waals surface area contributed by atoms with E-state index < -0.39 is 30.8 Å². The van der Waals surface area contributed by atoms with Crippen molar-refractivity contribution in [1.82, 2.24) is 5.32 Å². The van der Waals surface area contributed by atoms with Crippen molar-refractivity contribution in [3.8, 4) is 5.75 Å². The minimum absolute atomic E-state index is 0.0618. The number of amides is 2. The second-order valence-electron chi connectivity index (χ2n) is 6.57. The molecule has 3 rings (SSSR count). The van der Waals surface area contributed by atoms with Crippen molar-refractivity contribution in [1.29, 1.82) is 0 Å². The van der Waals surface area contributed by atoms with Crippen LogP contribution >= 0.6 is 0 Å². The first-order valence-electron chi connectivity index (χ1n) is 9.23. The number of β-lactam (4-membered cyclic amide) rings is 1. The number of alkyl carbamates (subject to hydrolysis) is 1. The van der Waals surface area contributed by atoms with Gasteiger partial charge in [-0.1, -0.05) is 30.3 Å². The number of nitrogens with zero attached hydrogens (tertiary/aromatic N) is 1. The lowest BCUT2D eigenvalue weighted by molar-refractivity contribution is -0.143. The molecule has 0 aromatic heterocycles. The normalized spacial score (nSPS) is 17.8. The highest BCUT2D eigenvalue weighted by Crippen LogP contribution is 2.30. The third-order valence-electron chi connectivity index (χ3n) is 4.57. The Morgan fingerprint density at radius 2 is 1.80 bits per heavy atom. The number of hydrogen-bond acceptors (Lipinski definition) is 6. The van der Waals surface area contributed by atoms with Crippen molar-refractivity contribution in [3.63, 3.8) is 0 Å². The number of aliphatic carboxylic acids is 1. The number of carboxylic acid groups (broad SMARTS) is 1. The van der Waals surface area contributed by atoms with Crippen LogP contribution in [0.15, 0.2) is 54.6 Å². The van der Waals surface area contributed by atoms with E-state index in [2.05, 4.69) is 5.32 Å². The van der Waals surface area contributed by atoms with Gasteiger partial charge >= 0.3 is 12.1 Å². The van der Waals surface area contributed by atoms with Crippen molar-refractivity contribution in [2.24, 2.45) is 0 Å². The molecule has 2 N–H and O–H groups in total. The Labute approximate surface area is 173 Å². The summed E-state index contributed by atoms with van der Waals surface area (Å²) in [4.78, 5) is 37.0. The fourth-order valence-electron chi connectivity index (χ4n) is 3.09. The van der Waals surface area contributed by atoms with Gasteiger partial charge in [-0.3, -0.25) is 4.79 Å². The van der Waals surface area contributed by atoms with E-state index in [0.29, 0.717) is 11.4 Å². The summed E-state index contributed by atoms with van der Waals surface area (Å²) in [5, 5.41) is 11.3. The monoisotopic (exact) mass is 414 g/mol. The first-order chi connectivity index (χ1) is 14.5. The van der Waals surface area contributed by atoms with Crippen LogP contribution in [0.4, 0.5) is 10.5 Å². The number of anilines is 1. The standard InChI is InChI=1S/C21H22N2O7/c1-28-16-9-7-15(8-10-16)23-17(12-29-13-18(24)25)19(20(23)26)22-21(27)30-11-14-5-3-2-4-6-14/h2-10,17,19H,11-13H2,1H3,(H,22,27)(H,24,25). The van der Waals surface area contributed by atoms with E-state index in [1.807, 2.05) is 30.3 Å². The molecule has 9 nitrogen and oxygen atoms in total. The van der Waals surface area contributed by atoms with Gasteiger partial charge in [0.1, 0.15) is 25.0 Å². The molecule has 1 aliphatic rings. The molecular weight excluding hydrogens is 392 g/mol. The molecule has 2 aromatic carbocycles. The van der Waals surface area contributed by atoms with Crippen LogP contribution in [0.25, 0.3) is 0 Å². The van der Waals surface area contributed by atoms with Gasteiger partial charge in [0.2, 0.25) is 0 Å². The van der Waals surface area contributed by atoms with E-state index in [0.717, 1.165) is 5.56 Å². The molecule has 2 unspecified atom stereocenters. The Bertz CT molecular complexity index is 886. The maximum absolute atomic E-state index is 12.7. The predicted octanol–water partition coefficient (Wildman–Crippen LogP) is 1.81. The van der Waals surface area contributed by atoms with E-state index in [9.17, 15) is 14.4 Å². The Kier molecular flexibility index (Phi) is 6.87. The molecular formula is C21H22N2O7. The second kappa shape index (κ2) is 9.75. The maximum atomic E-state index is 12.7. The molecule has 0 saturated carbocycles. The van der Waals surface area contributed by atoms with E-state index in [1.165, 1.54) is 12.0 Å². The summed E-state index contributed by atoms with van der Waals surface area (Å²) in [6.07, 6.45) is -0.741. The van der Waals surface area contributed by atoms with Crippen molar-refractivity contribution < 1.29 is 33.7 Å². The third-order valence-corrected chi connectivity index (χ3v) is 4.57. The Balaban J connectivity index is 1.64. The number of carboxylic acids is 1. The molecule has 1 aliphatic heterocycles. The fourth-order valence-corrected chi connectivity index (χ4v) is 3.09. The third kappa shape index (κ3) is 5.06. The number of benzene rings is 2. The molecule has 2 atom stereocenters. The molecule has 1 saturated heterocycles. The van der Waals surface area contributed by atoms with E-state index in [1.54, 1.807) is 24.3 Å². The largest absolute Gasteiger partial charge is 0.497 e. The quantitative estimate of drug-likeness (QED) is 0.602. The summed E-state index contributed by atoms with van der Waals surface area (Å²) >= 11 is 0. The molecule has 2 amide bonds. The summed E-state index contributed by atoms with van der Waals surface area (Å²) in [7, 11) is 1.54. The molecule has 1 fully saturated rings. The van der Waals surface area contributed by atoms with Crippen LogP contribution in [0.5, 0.6) is 5.75 Å². The molecule has 9 heteroatoms. The lowest BCUT2D eigenvalue weighted by Crippen LogP contribution is -2.72. The van der Waals surface area contributed by atoms with Crippen molar-refractivity contribution in [2.45, 2.75) is 18.7 Å². The van der Waals surface area contributed by atoms with Crippen molar-refractivity contribution in [2.75, 3.05) is 25.2 Å². The van der Waals surface area contributed by atoms with Gasteiger partial charge in [0.05, 0.1) is 19.8 Å². The Morgan fingerprint density at radius 1 is 1.10 bits per heavy atom. The van der Waals surface area contributed by atoms with Crippen LogP contribution in [0.2, 0.25) is 0 Å². The lowest BCUT2D eigenvalue weighted by atomic mass is 9.94. The fraction of sp³-hybridized carbons (Fsp3) is 0.286. The van der Waals surface area contributed by atoms with E-state index >= 15 is 0 Å². The zero-order chi connectivity index (χ0) is 21.5. The summed E-state index contributed by atoms with van der Waals surface area (Å²) in [5.74, 6) is -0.839. The van der Waals surface area contributed by atoms with Crippen LogP contribution in [0, 0.1) is 0 Å². The molecule has 0 radical (unpaired) electrons. The van der Waals surface area contributed by atoms with E-state index in [4.69, 9.17) is 19.3 Å². The minimum atomic E-state index is -1.12. The highest BCUT2D eigenvalue weighted by Gasteiger charge is 2.49. The molecule has 1 heterocycles. The first kappa shape index (κ1) is 21.1. The topological polar surface area (TPSA) is 114 Å². The van der Waals surface area contributed by atoms with Gasteiger partial charge in [-0.05, 0) is 29.8 Å². The maximum Gasteiger partial charge on any atom is 0.408 e. The summed E-state index contributed by atoms with van der Waals surface area (Å²) in [6, 6.07) is 14.5. The van der Waals surface area contributed by atoms with Gasteiger partial charge in [-0.25, -0.2) is 9.59 Å². The van der Waals surface area contributed by atoms with Crippen molar-refractivity contribution >= 4 is 23.7 Å². The molecule has 30 heavy (non-hydrogen) atoms. The number of methoxy groups -OCH3 is 1. The van der Waals surface area contributed by atoms with Crippen molar-refractivity contribution in [3.05, 3.63) is 60.2 Å². The lowest BCUT2D eigenvalue weighted by Gasteiger charge is -2.46. The van der Waals surface area contributed by atoms with Crippen LogP contribution in [-0.4, -0.2) is 55.5 Å². The van der Waals surface area contributed by atoms with E-state index in [-0.39, 0.29) is 19.1 Å². The van der Waals surface area contributed by atoms with Crippen LogP contribution in [0.1, 0.15) is 5.56 Å². The number of ether oxygens (including phenoxy) is 3. The van der Waals surface area contributed by atoms with Gasteiger partial charge < -0.3 is 29.5 Å². The number of carbonyl (C=O) groups is 3. The Morgan fingerprint density at radius 3 is 2.43 bits per heavy atom. The van der Waals surface area contributed by atoms with Crippen LogP contribution < -0.4 is 15.0 Å². The SMILES string of the molecule is COc1ccc(N2C(=O)C(NC(=O)OCc3ccccc3)C2COCC(=O)O)cc1. The Hall–Kier alpha value is -3.59. The number of carbonyl (C=O) groups excluding carboxylic acids is 2. The van der Waals surface area contributed by atoms with Gasteiger partial charge in [-0.2, -0.15) is 0 Å². The molecule has 0 spiro atoms. The second-order valence-corrected chi connectivity index (χ2v) is 6.57. The number of nitrogens with one attached hydrogen (secondary N) is 1. The average molecular weight is 414 g/mol. The van der Waals surface area contributed by atoms with Crippen LogP contribution in [0.3, 0.4) is 0 Å². The van der Waals surface area contributed by atoms with Gasteiger partial charge in [0.15, 0.2) is 0 Å². The minimum Gasteiger partial charge on any atom is -0.497 e. The highest BCUT2D eigenvalue weighted by molar-refractivity contribution is 6.07. The molecule has 158 valence electrons. The van der Waals surface area contributed by atoms with Gasteiger partial charge in [-0.15, -0.1) is 0 Å². The summed E-state index contributed by atoms with van der Waals surface area (Å²) in [5.41, 5.74) is 1.40.